The summed E-state index contributed by atoms with van der Waals surface area (Å²) >= 11 is 0. The molecule has 2 rings (SSSR count). The number of phenolic OH excluding ortho intramolecular Hbond substituents is 1. The van der Waals surface area contributed by atoms with Crippen LogP contribution in [0.15, 0.2) is 54.6 Å². The summed E-state index contributed by atoms with van der Waals surface area (Å²) in [6.45, 7) is 0. The Labute approximate surface area is 121 Å². The number of para-hydroxylation sites is 1. The minimum absolute atomic E-state index is 0.00351. The Balaban J connectivity index is 1.77. The minimum atomic E-state index is -0.564. The van der Waals surface area contributed by atoms with Gasteiger partial charge in [0.15, 0.2) is 0 Å². The second-order valence-corrected chi connectivity index (χ2v) is 4.26. The fourth-order valence-electron chi connectivity index (χ4n) is 1.60. The molecule has 1 N–H and O–H groups in total. The second-order valence-electron chi connectivity index (χ2n) is 4.26. The zero-order chi connectivity index (χ0) is 15.1. The molecule has 0 aliphatic rings. The Hall–Kier alpha value is -2.82. The summed E-state index contributed by atoms with van der Waals surface area (Å²) in [5.41, 5.74) is 0. The van der Waals surface area contributed by atoms with Crippen LogP contribution < -0.4 is 9.47 Å². The number of aromatic hydroxyl groups is 1. The van der Waals surface area contributed by atoms with E-state index >= 15 is 0 Å². The highest BCUT2D eigenvalue weighted by molar-refractivity contribution is 5.80. The predicted molar refractivity (Wildman–Crippen MR) is 75.1 cm³/mol. The van der Waals surface area contributed by atoms with Gasteiger partial charge in [-0.1, -0.05) is 24.3 Å². The van der Waals surface area contributed by atoms with E-state index in [0.717, 1.165) is 0 Å². The van der Waals surface area contributed by atoms with E-state index in [-0.39, 0.29) is 24.3 Å². The summed E-state index contributed by atoms with van der Waals surface area (Å²) in [6, 6.07) is 14.5. The first-order chi connectivity index (χ1) is 10.1. The van der Waals surface area contributed by atoms with Gasteiger partial charge in [0.2, 0.25) is 0 Å². The van der Waals surface area contributed by atoms with Crippen LogP contribution in [0.4, 0.5) is 0 Å². The summed E-state index contributed by atoms with van der Waals surface area (Å²) in [6.07, 6.45) is -0.173. The number of carbonyl (C=O) groups excluding carboxylic acids is 2. The number of phenols is 1. The van der Waals surface area contributed by atoms with E-state index in [1.165, 1.54) is 12.1 Å². The van der Waals surface area contributed by atoms with Crippen molar-refractivity contribution in [3.05, 3.63) is 54.6 Å². The molecule has 2 aromatic rings. The minimum Gasteiger partial charge on any atom is -0.508 e. The molecule has 5 heteroatoms. The molecule has 0 saturated carbocycles. The van der Waals surface area contributed by atoms with Crippen LogP contribution in [0.1, 0.15) is 12.8 Å². The van der Waals surface area contributed by atoms with Gasteiger partial charge < -0.3 is 14.6 Å². The van der Waals surface area contributed by atoms with Crippen LogP contribution in [0.2, 0.25) is 0 Å². The molecule has 2 aromatic carbocycles. The summed E-state index contributed by atoms with van der Waals surface area (Å²) in [7, 11) is 0. The van der Waals surface area contributed by atoms with E-state index in [0.29, 0.717) is 5.75 Å². The van der Waals surface area contributed by atoms with Crippen molar-refractivity contribution in [2.24, 2.45) is 0 Å². The van der Waals surface area contributed by atoms with Gasteiger partial charge in [0.05, 0.1) is 12.8 Å². The van der Waals surface area contributed by atoms with Crippen molar-refractivity contribution in [1.29, 1.82) is 0 Å². The van der Waals surface area contributed by atoms with Gasteiger partial charge in [-0.2, -0.15) is 0 Å². The van der Waals surface area contributed by atoms with Crippen molar-refractivity contribution >= 4 is 11.9 Å². The van der Waals surface area contributed by atoms with Gasteiger partial charge in [0.1, 0.15) is 17.2 Å². The van der Waals surface area contributed by atoms with E-state index in [1.807, 2.05) is 6.07 Å². The van der Waals surface area contributed by atoms with Gasteiger partial charge in [-0.05, 0) is 24.3 Å². The number of rotatable bonds is 5. The molecule has 0 aliphatic carbocycles. The number of carbonyl (C=O) groups is 2. The van der Waals surface area contributed by atoms with E-state index < -0.39 is 11.9 Å². The predicted octanol–water partition coefficient (Wildman–Crippen LogP) is 2.68. The molecule has 0 atom stereocenters. The van der Waals surface area contributed by atoms with Crippen LogP contribution >= 0.6 is 0 Å². The molecular weight excluding hydrogens is 272 g/mol. The second kappa shape index (κ2) is 7.09. The summed E-state index contributed by atoms with van der Waals surface area (Å²) in [4.78, 5) is 23.1. The van der Waals surface area contributed by atoms with Crippen LogP contribution in [-0.4, -0.2) is 17.0 Å². The molecule has 108 valence electrons. The van der Waals surface area contributed by atoms with Crippen molar-refractivity contribution in [2.75, 3.05) is 0 Å². The van der Waals surface area contributed by atoms with E-state index in [2.05, 4.69) is 0 Å². The van der Waals surface area contributed by atoms with Crippen LogP contribution in [0.25, 0.3) is 0 Å². The number of esters is 2. The lowest BCUT2D eigenvalue weighted by Crippen LogP contribution is -2.14. The molecule has 0 fully saturated rings. The quantitative estimate of drug-likeness (QED) is 0.675. The Kier molecular flexibility index (Phi) is 4.93. The third-order valence-corrected chi connectivity index (χ3v) is 2.56. The highest BCUT2D eigenvalue weighted by Crippen LogP contribution is 2.18. The number of benzene rings is 2. The number of hydrogen-bond donors (Lipinski definition) is 1. The van der Waals surface area contributed by atoms with Crippen molar-refractivity contribution in [1.82, 2.24) is 0 Å². The fraction of sp³-hybridized carbons (Fsp3) is 0.125. The van der Waals surface area contributed by atoms with Gasteiger partial charge in [0, 0.05) is 6.07 Å². The normalized spacial score (nSPS) is 9.90. The van der Waals surface area contributed by atoms with Crippen molar-refractivity contribution < 1.29 is 24.2 Å². The molecule has 0 aromatic heterocycles. The third-order valence-electron chi connectivity index (χ3n) is 2.56. The maximum atomic E-state index is 11.6. The van der Waals surface area contributed by atoms with Crippen LogP contribution in [0.5, 0.6) is 17.2 Å². The lowest BCUT2D eigenvalue weighted by molar-refractivity contribution is -0.140. The topological polar surface area (TPSA) is 72.8 Å². The SMILES string of the molecule is O=C(CCC(=O)Oc1cccc(O)c1)Oc1ccccc1. The molecule has 0 unspecified atom stereocenters. The zero-order valence-electron chi connectivity index (χ0n) is 11.2. The van der Waals surface area contributed by atoms with Gasteiger partial charge in [-0.3, -0.25) is 9.59 Å². The maximum Gasteiger partial charge on any atom is 0.311 e. The Bertz CT molecular complexity index is 622. The van der Waals surface area contributed by atoms with Crippen LogP contribution in [0.3, 0.4) is 0 Å². The van der Waals surface area contributed by atoms with Gasteiger partial charge in [-0.25, -0.2) is 0 Å². The fourth-order valence-corrected chi connectivity index (χ4v) is 1.60. The Morgan fingerprint density at radius 3 is 2.00 bits per heavy atom. The molecule has 0 amide bonds. The first-order valence-corrected chi connectivity index (χ1v) is 6.39. The number of ether oxygens (including phenoxy) is 2. The van der Waals surface area contributed by atoms with Crippen molar-refractivity contribution in [2.45, 2.75) is 12.8 Å². The molecule has 0 heterocycles. The van der Waals surface area contributed by atoms with Crippen molar-refractivity contribution in [3.63, 3.8) is 0 Å². The first-order valence-electron chi connectivity index (χ1n) is 6.39. The highest BCUT2D eigenvalue weighted by Gasteiger charge is 2.11. The molecule has 0 radical (unpaired) electrons. The highest BCUT2D eigenvalue weighted by atomic mass is 16.5. The summed E-state index contributed by atoms with van der Waals surface area (Å²) in [5.74, 6) is -0.399. The molecule has 21 heavy (non-hydrogen) atoms. The van der Waals surface area contributed by atoms with Gasteiger partial charge >= 0.3 is 11.9 Å². The van der Waals surface area contributed by atoms with E-state index in [4.69, 9.17) is 9.47 Å². The summed E-state index contributed by atoms with van der Waals surface area (Å²) < 4.78 is 10.0. The molecule has 0 spiro atoms. The molecule has 5 nitrogen and oxygen atoms in total. The van der Waals surface area contributed by atoms with Gasteiger partial charge in [0.25, 0.3) is 0 Å². The monoisotopic (exact) mass is 286 g/mol. The molecular formula is C16H14O5. The van der Waals surface area contributed by atoms with Crippen LogP contribution in [-0.2, 0) is 9.59 Å². The van der Waals surface area contributed by atoms with E-state index in [1.54, 1.807) is 36.4 Å². The first kappa shape index (κ1) is 14.6. The Morgan fingerprint density at radius 2 is 1.38 bits per heavy atom. The summed E-state index contributed by atoms with van der Waals surface area (Å²) in [5, 5.41) is 9.24. The maximum absolute atomic E-state index is 11.6. The standard InChI is InChI=1S/C16H14O5/c17-12-5-4-8-14(11-12)21-16(19)10-9-15(18)20-13-6-2-1-3-7-13/h1-8,11,17H,9-10H2. The lowest BCUT2D eigenvalue weighted by atomic mass is 10.3. The lowest BCUT2D eigenvalue weighted by Gasteiger charge is -2.05. The Morgan fingerprint density at radius 1 is 0.810 bits per heavy atom. The average Bonchev–Trinajstić information content (AvgIpc) is 2.46. The molecule has 0 saturated heterocycles. The van der Waals surface area contributed by atoms with E-state index in [9.17, 15) is 14.7 Å². The largest absolute Gasteiger partial charge is 0.508 e. The smallest absolute Gasteiger partial charge is 0.311 e. The van der Waals surface area contributed by atoms with Crippen LogP contribution in [0, 0.1) is 0 Å². The van der Waals surface area contributed by atoms with Gasteiger partial charge in [-0.15, -0.1) is 0 Å². The third kappa shape index (κ3) is 4.99. The molecule has 0 aliphatic heterocycles. The average molecular weight is 286 g/mol. The molecule has 0 bridgehead atoms. The number of hydrogen-bond acceptors (Lipinski definition) is 5. The zero-order valence-corrected chi connectivity index (χ0v) is 11.2. The van der Waals surface area contributed by atoms with Crippen molar-refractivity contribution in [3.8, 4) is 17.2 Å².